The Morgan fingerprint density at radius 2 is 2.13 bits per heavy atom. The van der Waals surface area contributed by atoms with Crippen LogP contribution in [0.5, 0.6) is 0 Å². The van der Waals surface area contributed by atoms with E-state index >= 15 is 0 Å². The molecule has 0 bridgehead atoms. The summed E-state index contributed by atoms with van der Waals surface area (Å²) in [6, 6.07) is 0.156. The molecule has 0 spiro atoms. The minimum atomic E-state index is -0.485. The maximum Gasteiger partial charge on any atom is 0.410 e. The van der Waals surface area contributed by atoms with Crippen LogP contribution in [0.1, 0.15) is 33.6 Å². The molecule has 1 N–H and O–H groups in total. The first-order chi connectivity index (χ1) is 10.8. The Balaban J connectivity index is 1.86. The fourth-order valence-electron chi connectivity index (χ4n) is 2.21. The molecule has 7 nitrogen and oxygen atoms in total. The number of likely N-dealkylation sites (tertiary alicyclic amines) is 1. The van der Waals surface area contributed by atoms with Crippen molar-refractivity contribution < 1.29 is 9.53 Å². The van der Waals surface area contributed by atoms with Crippen molar-refractivity contribution >= 4 is 29.3 Å². The molecule has 1 aliphatic heterocycles. The topological polar surface area (TPSA) is 71.7 Å². The molecule has 8 heteroatoms. The van der Waals surface area contributed by atoms with E-state index in [4.69, 9.17) is 22.9 Å². The van der Waals surface area contributed by atoms with E-state index in [9.17, 15) is 4.79 Å². The number of hydrogen-bond acceptors (Lipinski definition) is 5. The number of carbonyl (C=O) groups excluding carboxylic acids is 1. The number of nitrogens with one attached hydrogen (secondary N) is 1. The maximum absolute atomic E-state index is 12.0. The van der Waals surface area contributed by atoms with Gasteiger partial charge in [-0.25, -0.2) is 19.6 Å². The molecule has 2 heterocycles. The largest absolute Gasteiger partial charge is 0.444 e. The minimum Gasteiger partial charge on any atom is -0.444 e. The number of halogens is 1. The maximum atomic E-state index is 12.0. The summed E-state index contributed by atoms with van der Waals surface area (Å²) in [6.45, 7) is 13.7. The predicted octanol–water partition coefficient (Wildman–Crippen LogP) is 3.49. The van der Waals surface area contributed by atoms with Crippen LogP contribution in [0.3, 0.4) is 0 Å². The second-order valence-corrected chi connectivity index (χ2v) is 6.73. The van der Waals surface area contributed by atoms with E-state index in [1.54, 1.807) is 4.90 Å². The number of piperidine rings is 1. The van der Waals surface area contributed by atoms with Crippen molar-refractivity contribution in [3.05, 3.63) is 22.8 Å². The zero-order valence-electron chi connectivity index (χ0n) is 13.5. The van der Waals surface area contributed by atoms with Crippen LogP contribution in [0.25, 0.3) is 4.85 Å². The number of amides is 1. The van der Waals surface area contributed by atoms with E-state index in [1.165, 1.54) is 6.20 Å². The molecule has 124 valence electrons. The van der Waals surface area contributed by atoms with Gasteiger partial charge in [-0.15, -0.1) is 0 Å². The molecule has 1 aromatic heterocycles. The van der Waals surface area contributed by atoms with E-state index in [-0.39, 0.29) is 23.0 Å². The van der Waals surface area contributed by atoms with Gasteiger partial charge in [-0.1, -0.05) is 11.6 Å². The Bertz CT molecular complexity index is 615. The molecule has 1 fully saturated rings. The third-order valence-corrected chi connectivity index (χ3v) is 3.60. The fourth-order valence-corrected chi connectivity index (χ4v) is 2.39. The van der Waals surface area contributed by atoms with Crippen molar-refractivity contribution in [2.24, 2.45) is 0 Å². The van der Waals surface area contributed by atoms with E-state index in [0.29, 0.717) is 19.0 Å². The van der Waals surface area contributed by atoms with Gasteiger partial charge in [0, 0.05) is 25.3 Å². The van der Waals surface area contributed by atoms with E-state index < -0.39 is 5.60 Å². The number of rotatable bonds is 2. The van der Waals surface area contributed by atoms with Crippen LogP contribution < -0.4 is 5.32 Å². The van der Waals surface area contributed by atoms with E-state index in [1.807, 2.05) is 20.8 Å². The van der Waals surface area contributed by atoms with Crippen molar-refractivity contribution in [2.45, 2.75) is 45.3 Å². The van der Waals surface area contributed by atoms with Crippen LogP contribution in [0.4, 0.5) is 16.4 Å². The van der Waals surface area contributed by atoms with E-state index in [2.05, 4.69) is 20.1 Å². The Morgan fingerprint density at radius 3 is 2.65 bits per heavy atom. The van der Waals surface area contributed by atoms with Crippen LogP contribution in [-0.2, 0) is 4.74 Å². The van der Waals surface area contributed by atoms with Crippen LogP contribution in [-0.4, -0.2) is 45.7 Å². The van der Waals surface area contributed by atoms with Crippen LogP contribution >= 0.6 is 11.6 Å². The summed E-state index contributed by atoms with van der Waals surface area (Å²) in [5, 5.41) is 3.33. The highest BCUT2D eigenvalue weighted by atomic mass is 35.5. The number of hydrogen-bond donors (Lipinski definition) is 1. The molecule has 0 aromatic carbocycles. The van der Waals surface area contributed by atoms with Gasteiger partial charge in [-0.05, 0) is 33.6 Å². The quantitative estimate of drug-likeness (QED) is 0.660. The molecule has 1 saturated heterocycles. The zero-order chi connectivity index (χ0) is 17.0. The van der Waals surface area contributed by atoms with Gasteiger partial charge >= 0.3 is 6.09 Å². The highest BCUT2D eigenvalue weighted by Gasteiger charge is 2.27. The third-order valence-electron chi connectivity index (χ3n) is 3.32. The molecule has 0 saturated carbocycles. The number of nitrogens with zero attached hydrogens (tertiary/aromatic N) is 4. The van der Waals surface area contributed by atoms with Crippen molar-refractivity contribution in [1.29, 1.82) is 0 Å². The Hall–Kier alpha value is -2.07. The molecule has 0 atom stereocenters. The minimum absolute atomic E-state index is 0.142. The first kappa shape index (κ1) is 17.3. The average molecular weight is 338 g/mol. The van der Waals surface area contributed by atoms with Gasteiger partial charge in [0.1, 0.15) is 10.8 Å². The van der Waals surface area contributed by atoms with Gasteiger partial charge < -0.3 is 15.0 Å². The molecule has 0 radical (unpaired) electrons. The lowest BCUT2D eigenvalue weighted by Gasteiger charge is -2.33. The second-order valence-electron chi connectivity index (χ2n) is 6.37. The lowest BCUT2D eigenvalue weighted by molar-refractivity contribution is 0.0210. The molecule has 1 aliphatic rings. The first-order valence-corrected chi connectivity index (χ1v) is 7.81. The first-order valence-electron chi connectivity index (χ1n) is 7.43. The van der Waals surface area contributed by atoms with Crippen molar-refractivity contribution in [1.82, 2.24) is 14.9 Å². The number of ether oxygens (including phenoxy) is 1. The van der Waals surface area contributed by atoms with Gasteiger partial charge in [-0.2, -0.15) is 0 Å². The fraction of sp³-hybridized carbons (Fsp3) is 0.600. The molecule has 1 aromatic rings. The highest BCUT2D eigenvalue weighted by molar-refractivity contribution is 6.32. The molecule has 0 unspecified atom stereocenters. The zero-order valence-corrected chi connectivity index (χ0v) is 14.2. The summed E-state index contributed by atoms with van der Waals surface area (Å²) in [5.41, 5.74) is -0.251. The number of carbonyl (C=O) groups is 1. The Kier molecular flexibility index (Phi) is 5.26. The van der Waals surface area contributed by atoms with Crippen LogP contribution in [0.2, 0.25) is 5.15 Å². The van der Waals surface area contributed by atoms with E-state index in [0.717, 1.165) is 12.8 Å². The number of aromatic nitrogens is 2. The third kappa shape index (κ3) is 4.96. The highest BCUT2D eigenvalue weighted by Crippen LogP contribution is 2.23. The SMILES string of the molecule is [C-]#[N+]c1cnc(NC2CCN(C(=O)OC(C)(C)C)CC2)nc1Cl. The molecule has 2 rings (SSSR count). The monoisotopic (exact) mass is 337 g/mol. The van der Waals surface area contributed by atoms with Gasteiger partial charge in [0.2, 0.25) is 11.6 Å². The van der Waals surface area contributed by atoms with Crippen LogP contribution in [0, 0.1) is 6.57 Å². The summed E-state index contributed by atoms with van der Waals surface area (Å²) in [5.74, 6) is 0.401. The van der Waals surface area contributed by atoms with Gasteiger partial charge in [-0.3, -0.25) is 0 Å². The predicted molar refractivity (Wildman–Crippen MR) is 87.8 cm³/mol. The molecule has 23 heavy (non-hydrogen) atoms. The lowest BCUT2D eigenvalue weighted by atomic mass is 10.1. The Morgan fingerprint density at radius 1 is 1.48 bits per heavy atom. The standard InChI is InChI=1S/C15H20ClN5O2/c1-15(2,3)23-14(22)21-7-5-10(6-8-21)19-13-18-9-11(17-4)12(16)20-13/h9-10H,5-8H2,1-3H3,(H,18,19,20). The summed E-state index contributed by atoms with van der Waals surface area (Å²) in [6.07, 6.45) is 2.66. The smallest absolute Gasteiger partial charge is 0.410 e. The van der Waals surface area contributed by atoms with Crippen molar-refractivity contribution in [3.63, 3.8) is 0 Å². The van der Waals surface area contributed by atoms with Crippen LogP contribution in [0.15, 0.2) is 6.20 Å². The van der Waals surface area contributed by atoms with Gasteiger partial charge in [0.15, 0.2) is 0 Å². The Labute approximate surface area is 140 Å². The van der Waals surface area contributed by atoms with Gasteiger partial charge in [0.05, 0.1) is 6.57 Å². The summed E-state index contributed by atoms with van der Waals surface area (Å²) in [7, 11) is 0. The molecular weight excluding hydrogens is 318 g/mol. The molecule has 1 amide bonds. The normalized spacial score (nSPS) is 15.9. The molecular formula is C15H20ClN5O2. The average Bonchev–Trinajstić information content (AvgIpc) is 2.46. The van der Waals surface area contributed by atoms with Crippen molar-refractivity contribution in [2.75, 3.05) is 18.4 Å². The number of anilines is 1. The second kappa shape index (κ2) is 7.01. The van der Waals surface area contributed by atoms with Gasteiger partial charge in [0.25, 0.3) is 0 Å². The van der Waals surface area contributed by atoms with Crippen molar-refractivity contribution in [3.8, 4) is 0 Å². The summed E-state index contributed by atoms with van der Waals surface area (Å²) >= 11 is 5.90. The molecule has 0 aliphatic carbocycles. The summed E-state index contributed by atoms with van der Waals surface area (Å²) < 4.78 is 5.37. The lowest BCUT2D eigenvalue weighted by Crippen LogP contribution is -2.44. The summed E-state index contributed by atoms with van der Waals surface area (Å²) in [4.78, 5) is 25.1.